The first kappa shape index (κ1) is 24.4. The molecule has 0 saturated heterocycles. The standard InChI is InChI=1S/C40H26N4O/c1-2-10-27(11-3-1)43-33-15-7-4-12-28(33)31-22-25(18-20-35(31)43)26-19-21-36-32(23-26)29-13-5-8-16-34(29)44(36)40-41-24-38-39(42-40)30-14-6-9-17-37(30)45-38/h1-24,40,42H. The van der Waals surface area contributed by atoms with Crippen LogP contribution in [0.5, 0.6) is 0 Å². The molecule has 0 amide bonds. The molecule has 0 saturated carbocycles. The molecule has 45 heavy (non-hydrogen) atoms. The Hall–Kier alpha value is -6.07. The van der Waals surface area contributed by atoms with Crippen molar-refractivity contribution in [3.05, 3.63) is 145 Å². The third-order valence-corrected chi connectivity index (χ3v) is 9.20. The first-order chi connectivity index (χ1) is 22.3. The summed E-state index contributed by atoms with van der Waals surface area (Å²) in [6.45, 7) is 0. The van der Waals surface area contributed by atoms with Gasteiger partial charge in [0.2, 0.25) is 6.29 Å². The first-order valence-corrected chi connectivity index (χ1v) is 15.2. The van der Waals surface area contributed by atoms with Crippen molar-refractivity contribution in [1.82, 2.24) is 9.13 Å². The summed E-state index contributed by atoms with van der Waals surface area (Å²) >= 11 is 0. The number of aliphatic imine (C=N–C) groups is 1. The molecule has 0 bridgehead atoms. The molecule has 0 fully saturated rings. The number of hydrogen-bond acceptors (Lipinski definition) is 3. The summed E-state index contributed by atoms with van der Waals surface area (Å²) in [5, 5.41) is 9.65. The van der Waals surface area contributed by atoms with Crippen molar-refractivity contribution in [3.8, 4) is 16.8 Å². The van der Waals surface area contributed by atoms with Crippen LogP contribution in [0.3, 0.4) is 0 Å². The van der Waals surface area contributed by atoms with Crippen LogP contribution < -0.4 is 5.32 Å². The zero-order valence-corrected chi connectivity index (χ0v) is 24.2. The number of fused-ring (bicyclic) bond motifs is 9. The van der Waals surface area contributed by atoms with Gasteiger partial charge in [-0.05, 0) is 71.8 Å². The van der Waals surface area contributed by atoms with Crippen LogP contribution in [0.15, 0.2) is 149 Å². The van der Waals surface area contributed by atoms with Crippen LogP contribution in [0.2, 0.25) is 0 Å². The average molecular weight is 579 g/mol. The second-order valence-electron chi connectivity index (χ2n) is 11.7. The third kappa shape index (κ3) is 3.52. The number of aromatic nitrogens is 2. The van der Waals surface area contributed by atoms with Crippen LogP contribution >= 0.6 is 0 Å². The van der Waals surface area contributed by atoms with Crippen molar-refractivity contribution >= 4 is 66.5 Å². The highest BCUT2D eigenvalue weighted by molar-refractivity contribution is 6.12. The molecule has 0 radical (unpaired) electrons. The molecule has 5 nitrogen and oxygen atoms in total. The van der Waals surface area contributed by atoms with Crippen LogP contribution in [-0.4, -0.2) is 15.3 Å². The molecule has 0 aliphatic carbocycles. The van der Waals surface area contributed by atoms with E-state index in [0.29, 0.717) is 0 Å². The summed E-state index contributed by atoms with van der Waals surface area (Å²) in [5.41, 5.74) is 10.1. The van der Waals surface area contributed by atoms with Gasteiger partial charge in [-0.25, -0.2) is 4.99 Å². The fourth-order valence-corrected chi connectivity index (χ4v) is 7.19. The highest BCUT2D eigenvalue weighted by Crippen LogP contribution is 2.40. The summed E-state index contributed by atoms with van der Waals surface area (Å²) in [7, 11) is 0. The smallest absolute Gasteiger partial charge is 0.201 e. The zero-order valence-electron chi connectivity index (χ0n) is 24.2. The predicted molar refractivity (Wildman–Crippen MR) is 186 cm³/mol. The summed E-state index contributed by atoms with van der Waals surface area (Å²) < 4.78 is 10.7. The number of para-hydroxylation sites is 4. The molecule has 1 aliphatic heterocycles. The van der Waals surface area contributed by atoms with Crippen molar-refractivity contribution in [2.45, 2.75) is 6.29 Å². The molecule has 4 heterocycles. The minimum absolute atomic E-state index is 0.299. The van der Waals surface area contributed by atoms with Gasteiger partial charge >= 0.3 is 0 Å². The van der Waals surface area contributed by atoms with Gasteiger partial charge < -0.3 is 18.9 Å². The monoisotopic (exact) mass is 578 g/mol. The summed E-state index contributed by atoms with van der Waals surface area (Å²) in [4.78, 5) is 4.91. The highest BCUT2D eigenvalue weighted by atomic mass is 16.3. The summed E-state index contributed by atoms with van der Waals surface area (Å²) in [6, 6.07) is 49.7. The number of anilines is 1. The van der Waals surface area contributed by atoms with Crippen molar-refractivity contribution in [2.24, 2.45) is 4.99 Å². The van der Waals surface area contributed by atoms with E-state index in [1.807, 2.05) is 24.4 Å². The van der Waals surface area contributed by atoms with Gasteiger partial charge in [-0.3, -0.25) is 0 Å². The van der Waals surface area contributed by atoms with E-state index in [-0.39, 0.29) is 6.29 Å². The second-order valence-corrected chi connectivity index (χ2v) is 11.7. The predicted octanol–water partition coefficient (Wildman–Crippen LogP) is 10.3. The van der Waals surface area contributed by atoms with Gasteiger partial charge in [0.1, 0.15) is 5.58 Å². The molecule has 5 heteroatoms. The van der Waals surface area contributed by atoms with E-state index in [4.69, 9.17) is 9.41 Å². The van der Waals surface area contributed by atoms with Crippen LogP contribution in [0.4, 0.5) is 5.69 Å². The Morgan fingerprint density at radius 1 is 0.533 bits per heavy atom. The van der Waals surface area contributed by atoms with Crippen LogP contribution in [0, 0.1) is 0 Å². The number of benzene rings is 6. The van der Waals surface area contributed by atoms with E-state index in [1.165, 1.54) is 49.4 Å². The lowest BCUT2D eigenvalue weighted by Crippen LogP contribution is -2.19. The number of rotatable bonds is 3. The molecule has 6 aromatic carbocycles. The quantitative estimate of drug-likeness (QED) is 0.227. The molecule has 10 rings (SSSR count). The van der Waals surface area contributed by atoms with E-state index in [0.717, 1.165) is 33.5 Å². The fraction of sp³-hybridized carbons (Fsp3) is 0.0250. The molecule has 9 aromatic rings. The molecule has 3 aromatic heterocycles. The molecule has 1 N–H and O–H groups in total. The molecule has 1 unspecified atom stereocenters. The fourth-order valence-electron chi connectivity index (χ4n) is 7.19. The lowest BCUT2D eigenvalue weighted by molar-refractivity contribution is 0.582. The van der Waals surface area contributed by atoms with Crippen molar-refractivity contribution in [2.75, 3.05) is 5.32 Å². The van der Waals surface area contributed by atoms with Crippen molar-refractivity contribution in [3.63, 3.8) is 0 Å². The number of nitrogens with zero attached hydrogens (tertiary/aromatic N) is 3. The SMILES string of the molecule is C1=NC(n2c3ccccc3c3cc(-c4ccc5c(c4)c4ccccc4n5-c4ccccc4)ccc32)Nc2c1oc1ccccc21. The minimum Gasteiger partial charge on any atom is -0.453 e. The van der Waals surface area contributed by atoms with E-state index in [9.17, 15) is 0 Å². The van der Waals surface area contributed by atoms with Gasteiger partial charge in [0, 0.05) is 32.6 Å². The molecule has 0 spiro atoms. The van der Waals surface area contributed by atoms with Gasteiger partial charge in [0.05, 0.1) is 34.0 Å². The Morgan fingerprint density at radius 3 is 1.91 bits per heavy atom. The van der Waals surface area contributed by atoms with Crippen LogP contribution in [0.25, 0.3) is 71.4 Å². The number of nitrogens with one attached hydrogen (secondary N) is 1. The zero-order chi connectivity index (χ0) is 29.5. The normalized spacial score (nSPS) is 14.5. The van der Waals surface area contributed by atoms with Crippen molar-refractivity contribution in [1.29, 1.82) is 0 Å². The van der Waals surface area contributed by atoms with Crippen molar-refractivity contribution < 1.29 is 4.42 Å². The molecule has 1 atom stereocenters. The van der Waals surface area contributed by atoms with Crippen LogP contribution in [-0.2, 0) is 0 Å². The maximum absolute atomic E-state index is 6.06. The van der Waals surface area contributed by atoms with Crippen LogP contribution in [0.1, 0.15) is 12.0 Å². The number of furan rings is 1. The maximum Gasteiger partial charge on any atom is 0.201 e. The lowest BCUT2D eigenvalue weighted by atomic mass is 10.0. The Morgan fingerprint density at radius 2 is 1.11 bits per heavy atom. The van der Waals surface area contributed by atoms with Gasteiger partial charge in [-0.1, -0.05) is 78.9 Å². The van der Waals surface area contributed by atoms with E-state index >= 15 is 0 Å². The maximum atomic E-state index is 6.06. The Kier molecular flexibility index (Phi) is 4.99. The largest absolute Gasteiger partial charge is 0.453 e. The molecule has 212 valence electrons. The van der Waals surface area contributed by atoms with Gasteiger partial charge in [0.25, 0.3) is 0 Å². The number of hydrogen-bond donors (Lipinski definition) is 1. The highest BCUT2D eigenvalue weighted by Gasteiger charge is 2.24. The minimum atomic E-state index is -0.299. The van der Waals surface area contributed by atoms with E-state index in [2.05, 4.69) is 136 Å². The van der Waals surface area contributed by atoms with Gasteiger partial charge in [0.15, 0.2) is 5.76 Å². The second kappa shape index (κ2) is 9.21. The lowest BCUT2D eigenvalue weighted by Gasteiger charge is -2.22. The Bertz CT molecular complexity index is 2640. The Balaban J connectivity index is 1.13. The van der Waals surface area contributed by atoms with E-state index in [1.54, 1.807) is 0 Å². The summed E-state index contributed by atoms with van der Waals surface area (Å²) in [5.74, 6) is 0.763. The third-order valence-electron chi connectivity index (χ3n) is 9.20. The molecular formula is C40H26N4O. The first-order valence-electron chi connectivity index (χ1n) is 15.2. The summed E-state index contributed by atoms with van der Waals surface area (Å²) in [6.07, 6.45) is 1.55. The Labute approximate surface area is 258 Å². The molecular weight excluding hydrogens is 552 g/mol. The van der Waals surface area contributed by atoms with E-state index < -0.39 is 0 Å². The van der Waals surface area contributed by atoms with Gasteiger partial charge in [-0.2, -0.15) is 0 Å². The topological polar surface area (TPSA) is 47.4 Å². The molecule has 1 aliphatic rings. The van der Waals surface area contributed by atoms with Gasteiger partial charge in [-0.15, -0.1) is 0 Å². The average Bonchev–Trinajstić information content (AvgIpc) is 3.75.